The van der Waals surface area contributed by atoms with Crippen molar-refractivity contribution in [3.8, 4) is 0 Å². The van der Waals surface area contributed by atoms with E-state index >= 15 is 0 Å². The zero-order chi connectivity index (χ0) is 13.4. The molecule has 0 radical (unpaired) electrons. The number of carbonyl (C=O) groups is 1. The van der Waals surface area contributed by atoms with Crippen LogP contribution in [0.2, 0.25) is 0 Å². The molecule has 3 rings (SSSR count). The molecule has 4 nitrogen and oxygen atoms in total. The van der Waals surface area contributed by atoms with E-state index in [-0.39, 0.29) is 5.91 Å². The summed E-state index contributed by atoms with van der Waals surface area (Å²) < 4.78 is 3.46. The standard InChI is InChI=1S/C13H11Br2N3O/c14-11-9-7-17-5-3-10(9)18(12(11)15)13(19)8-2-1-4-16-6-8/h1-2,4,6,17H,3,5,7H2. The van der Waals surface area contributed by atoms with E-state index in [1.54, 1.807) is 29.1 Å². The van der Waals surface area contributed by atoms with Crippen molar-refractivity contribution in [2.75, 3.05) is 6.54 Å². The number of nitrogens with zero attached hydrogens (tertiary/aromatic N) is 2. The number of fused-ring (bicyclic) bond motifs is 1. The van der Waals surface area contributed by atoms with Crippen LogP contribution >= 0.6 is 31.9 Å². The van der Waals surface area contributed by atoms with Crippen LogP contribution in [0.25, 0.3) is 0 Å². The van der Waals surface area contributed by atoms with Gasteiger partial charge in [-0.2, -0.15) is 0 Å². The highest BCUT2D eigenvalue weighted by Gasteiger charge is 2.25. The molecule has 2 aromatic heterocycles. The number of hydrogen-bond donors (Lipinski definition) is 1. The van der Waals surface area contributed by atoms with Crippen molar-refractivity contribution in [3.05, 3.63) is 50.4 Å². The van der Waals surface area contributed by atoms with Crippen LogP contribution in [0.4, 0.5) is 0 Å². The highest BCUT2D eigenvalue weighted by molar-refractivity contribution is 9.13. The van der Waals surface area contributed by atoms with Gasteiger partial charge in [0.2, 0.25) is 0 Å². The summed E-state index contributed by atoms with van der Waals surface area (Å²) in [5.41, 5.74) is 2.80. The van der Waals surface area contributed by atoms with Gasteiger partial charge in [-0.15, -0.1) is 0 Å². The Morgan fingerprint density at radius 1 is 1.42 bits per heavy atom. The van der Waals surface area contributed by atoms with E-state index in [9.17, 15) is 4.79 Å². The predicted octanol–water partition coefficient (Wildman–Crippen LogP) is 2.74. The first kappa shape index (κ1) is 13.0. The third kappa shape index (κ3) is 2.17. The van der Waals surface area contributed by atoms with Crippen LogP contribution in [0, 0.1) is 0 Å². The molecule has 0 saturated carbocycles. The van der Waals surface area contributed by atoms with Crippen molar-refractivity contribution in [1.29, 1.82) is 0 Å². The van der Waals surface area contributed by atoms with Gasteiger partial charge in [0.25, 0.3) is 5.91 Å². The minimum atomic E-state index is -0.0520. The molecule has 0 fully saturated rings. The Hall–Kier alpha value is -0.980. The van der Waals surface area contributed by atoms with Gasteiger partial charge in [0, 0.05) is 43.2 Å². The van der Waals surface area contributed by atoms with Crippen molar-refractivity contribution in [2.24, 2.45) is 0 Å². The molecule has 0 aromatic carbocycles. The molecule has 0 saturated heterocycles. The van der Waals surface area contributed by atoms with E-state index in [0.29, 0.717) is 5.56 Å². The van der Waals surface area contributed by atoms with Gasteiger partial charge in [0.05, 0.1) is 10.0 Å². The maximum Gasteiger partial charge on any atom is 0.264 e. The molecule has 1 N–H and O–H groups in total. The van der Waals surface area contributed by atoms with Crippen LogP contribution < -0.4 is 5.32 Å². The lowest BCUT2D eigenvalue weighted by atomic mass is 10.1. The molecule has 0 bridgehead atoms. The number of rotatable bonds is 1. The molecule has 1 aliphatic rings. The van der Waals surface area contributed by atoms with Crippen LogP contribution in [0.15, 0.2) is 33.6 Å². The van der Waals surface area contributed by atoms with Crippen molar-refractivity contribution >= 4 is 37.8 Å². The van der Waals surface area contributed by atoms with E-state index in [1.807, 2.05) is 0 Å². The number of halogens is 2. The molecule has 0 unspecified atom stereocenters. The zero-order valence-electron chi connectivity index (χ0n) is 9.99. The van der Waals surface area contributed by atoms with Gasteiger partial charge in [0.1, 0.15) is 4.60 Å². The second-order valence-electron chi connectivity index (χ2n) is 4.34. The predicted molar refractivity (Wildman–Crippen MR) is 79.2 cm³/mol. The molecule has 2 aromatic rings. The van der Waals surface area contributed by atoms with E-state index in [4.69, 9.17) is 0 Å². The first-order chi connectivity index (χ1) is 9.20. The van der Waals surface area contributed by atoms with E-state index in [2.05, 4.69) is 42.2 Å². The number of pyridine rings is 1. The minimum Gasteiger partial charge on any atom is -0.312 e. The SMILES string of the molecule is O=C(c1cccnc1)n1c(Br)c(Br)c2c1CCNC2. The largest absolute Gasteiger partial charge is 0.312 e. The van der Waals surface area contributed by atoms with E-state index < -0.39 is 0 Å². The molecule has 0 atom stereocenters. The van der Waals surface area contributed by atoms with Crippen LogP contribution in [0.1, 0.15) is 21.6 Å². The number of nitrogens with one attached hydrogen (secondary N) is 1. The van der Waals surface area contributed by atoms with Crippen molar-refractivity contribution in [3.63, 3.8) is 0 Å². The fourth-order valence-electron chi connectivity index (χ4n) is 2.30. The molecule has 1 aliphatic heterocycles. The van der Waals surface area contributed by atoms with Crippen molar-refractivity contribution in [2.45, 2.75) is 13.0 Å². The maximum absolute atomic E-state index is 12.6. The van der Waals surface area contributed by atoms with Crippen molar-refractivity contribution in [1.82, 2.24) is 14.9 Å². The normalized spacial score (nSPS) is 14.2. The first-order valence-electron chi connectivity index (χ1n) is 5.93. The monoisotopic (exact) mass is 383 g/mol. The third-order valence-corrected chi connectivity index (χ3v) is 5.35. The smallest absolute Gasteiger partial charge is 0.264 e. The van der Waals surface area contributed by atoms with Crippen LogP contribution in [-0.2, 0) is 13.0 Å². The average molecular weight is 385 g/mol. The first-order valence-corrected chi connectivity index (χ1v) is 7.51. The molecule has 6 heteroatoms. The molecule has 0 aliphatic carbocycles. The number of hydrogen-bond acceptors (Lipinski definition) is 3. The summed E-state index contributed by atoms with van der Waals surface area (Å²) in [7, 11) is 0. The fraction of sp³-hybridized carbons (Fsp3) is 0.231. The van der Waals surface area contributed by atoms with E-state index in [1.165, 1.54) is 0 Å². The highest BCUT2D eigenvalue weighted by atomic mass is 79.9. The van der Waals surface area contributed by atoms with Gasteiger partial charge in [0.15, 0.2) is 0 Å². The Labute approximate surface area is 127 Å². The summed E-state index contributed by atoms with van der Waals surface area (Å²) in [5, 5.41) is 3.31. The second-order valence-corrected chi connectivity index (χ2v) is 5.88. The lowest BCUT2D eigenvalue weighted by Crippen LogP contribution is -2.26. The van der Waals surface area contributed by atoms with Gasteiger partial charge in [-0.3, -0.25) is 14.3 Å². The number of aromatic nitrogens is 2. The summed E-state index contributed by atoms with van der Waals surface area (Å²) >= 11 is 7.06. The molecular weight excluding hydrogens is 374 g/mol. The Morgan fingerprint density at radius 2 is 2.26 bits per heavy atom. The summed E-state index contributed by atoms with van der Waals surface area (Å²) in [4.78, 5) is 16.6. The minimum absolute atomic E-state index is 0.0520. The highest BCUT2D eigenvalue weighted by Crippen LogP contribution is 2.34. The van der Waals surface area contributed by atoms with Crippen LogP contribution in [-0.4, -0.2) is 22.0 Å². The molecular formula is C13H11Br2N3O. The van der Waals surface area contributed by atoms with Crippen LogP contribution in [0.5, 0.6) is 0 Å². The Kier molecular flexibility index (Phi) is 3.56. The molecule has 0 spiro atoms. The van der Waals surface area contributed by atoms with Crippen molar-refractivity contribution < 1.29 is 4.79 Å². The lowest BCUT2D eigenvalue weighted by molar-refractivity contribution is 0.0954. The van der Waals surface area contributed by atoms with Gasteiger partial charge in [-0.25, -0.2) is 0 Å². The summed E-state index contributed by atoms with van der Waals surface area (Å²) in [5.74, 6) is -0.0520. The lowest BCUT2D eigenvalue weighted by Gasteiger charge is -2.16. The molecule has 3 heterocycles. The Balaban J connectivity index is 2.13. The maximum atomic E-state index is 12.6. The quantitative estimate of drug-likeness (QED) is 0.822. The Bertz CT molecular complexity index is 637. The van der Waals surface area contributed by atoms with E-state index in [0.717, 1.165) is 39.8 Å². The third-order valence-electron chi connectivity index (χ3n) is 3.21. The molecule has 0 amide bonds. The number of carbonyl (C=O) groups excluding carboxylic acids is 1. The van der Waals surface area contributed by atoms with Crippen LogP contribution in [0.3, 0.4) is 0 Å². The zero-order valence-corrected chi connectivity index (χ0v) is 13.2. The second kappa shape index (κ2) is 5.19. The molecule has 98 valence electrons. The van der Waals surface area contributed by atoms with Gasteiger partial charge in [-0.05, 0) is 44.0 Å². The topological polar surface area (TPSA) is 46.9 Å². The Morgan fingerprint density at radius 3 is 3.00 bits per heavy atom. The van der Waals surface area contributed by atoms with Gasteiger partial charge >= 0.3 is 0 Å². The fourth-order valence-corrected chi connectivity index (χ4v) is 3.46. The summed E-state index contributed by atoms with van der Waals surface area (Å²) in [6.07, 6.45) is 4.10. The average Bonchev–Trinajstić information content (AvgIpc) is 2.72. The van der Waals surface area contributed by atoms with Gasteiger partial charge in [-0.1, -0.05) is 0 Å². The molecule has 19 heavy (non-hydrogen) atoms. The summed E-state index contributed by atoms with van der Waals surface area (Å²) in [6, 6.07) is 3.55. The summed E-state index contributed by atoms with van der Waals surface area (Å²) in [6.45, 7) is 1.66. The van der Waals surface area contributed by atoms with Gasteiger partial charge < -0.3 is 5.32 Å².